The van der Waals surface area contributed by atoms with Crippen LogP contribution in [0, 0.1) is 11.3 Å². The zero-order valence-electron chi connectivity index (χ0n) is 13.7. The zero-order valence-corrected chi connectivity index (χ0v) is 13.7. The van der Waals surface area contributed by atoms with Crippen LogP contribution in [-0.4, -0.2) is 56.1 Å². The van der Waals surface area contributed by atoms with Gasteiger partial charge >= 0.3 is 11.8 Å². The topological polar surface area (TPSA) is 94.5 Å². The van der Waals surface area contributed by atoms with E-state index in [1.54, 1.807) is 31.4 Å². The number of carbonyl (C=O) groups excluding carboxylic acids is 2. The number of nitrogens with zero attached hydrogens (tertiary/aromatic N) is 2. The number of ether oxygens (including phenoxy) is 1. The summed E-state index contributed by atoms with van der Waals surface area (Å²) in [6.45, 7) is 3.17. The zero-order chi connectivity index (χ0) is 17.4. The van der Waals surface area contributed by atoms with Crippen molar-refractivity contribution in [1.29, 1.82) is 5.26 Å². The Hall–Kier alpha value is -2.43. The molecule has 1 heterocycles. The number of nitriles is 1. The molecular formula is C17H22N4O3. The van der Waals surface area contributed by atoms with E-state index in [1.165, 1.54) is 0 Å². The molecule has 2 rings (SSSR count). The molecule has 0 saturated carbocycles. The minimum atomic E-state index is -0.700. The van der Waals surface area contributed by atoms with Crippen molar-refractivity contribution in [2.24, 2.45) is 0 Å². The predicted molar refractivity (Wildman–Crippen MR) is 89.3 cm³/mol. The first-order chi connectivity index (χ1) is 11.6. The first kappa shape index (κ1) is 17.9. The standard InChI is InChI=1S/C17H22N4O3/c1-24-10-9-21-8-2-3-15(12-21)20-17(23)16(22)19-14-6-4-13(11-18)5-7-14/h4-7,15H,2-3,8-10,12H2,1H3,(H,19,22)(H,20,23)/t15-/m0/s1. The summed E-state index contributed by atoms with van der Waals surface area (Å²) in [5.74, 6) is -1.34. The van der Waals surface area contributed by atoms with Gasteiger partial charge in [-0.2, -0.15) is 5.26 Å². The van der Waals surface area contributed by atoms with E-state index in [-0.39, 0.29) is 6.04 Å². The number of hydrogen-bond acceptors (Lipinski definition) is 5. The Morgan fingerprint density at radius 1 is 1.33 bits per heavy atom. The first-order valence-corrected chi connectivity index (χ1v) is 7.95. The van der Waals surface area contributed by atoms with Crippen molar-refractivity contribution in [3.63, 3.8) is 0 Å². The molecule has 7 heteroatoms. The Kier molecular flexibility index (Phi) is 6.73. The van der Waals surface area contributed by atoms with Crippen molar-refractivity contribution in [2.75, 3.05) is 38.7 Å². The van der Waals surface area contributed by atoms with Gasteiger partial charge in [-0.05, 0) is 43.7 Å². The maximum atomic E-state index is 12.0. The second-order valence-corrected chi connectivity index (χ2v) is 5.75. The van der Waals surface area contributed by atoms with Gasteiger partial charge in [-0.1, -0.05) is 0 Å². The molecule has 1 aliphatic heterocycles. The highest BCUT2D eigenvalue weighted by Crippen LogP contribution is 2.11. The third-order valence-corrected chi connectivity index (χ3v) is 3.93. The molecule has 1 aromatic rings. The molecule has 128 valence electrons. The van der Waals surface area contributed by atoms with Crippen molar-refractivity contribution >= 4 is 17.5 Å². The van der Waals surface area contributed by atoms with Gasteiger partial charge in [0.2, 0.25) is 0 Å². The van der Waals surface area contributed by atoms with Crippen molar-refractivity contribution in [3.05, 3.63) is 29.8 Å². The average Bonchev–Trinajstić information content (AvgIpc) is 2.61. The summed E-state index contributed by atoms with van der Waals surface area (Å²) in [7, 11) is 1.66. The monoisotopic (exact) mass is 330 g/mol. The molecule has 0 aliphatic carbocycles. The van der Waals surface area contributed by atoms with Crippen molar-refractivity contribution in [1.82, 2.24) is 10.2 Å². The highest BCUT2D eigenvalue weighted by atomic mass is 16.5. The molecule has 24 heavy (non-hydrogen) atoms. The van der Waals surface area contributed by atoms with Crippen LogP contribution in [-0.2, 0) is 14.3 Å². The van der Waals surface area contributed by atoms with E-state index in [2.05, 4.69) is 15.5 Å². The number of hydrogen-bond donors (Lipinski definition) is 2. The number of rotatable bonds is 5. The average molecular weight is 330 g/mol. The number of likely N-dealkylation sites (tertiary alicyclic amines) is 1. The Morgan fingerprint density at radius 2 is 2.08 bits per heavy atom. The molecule has 0 radical (unpaired) electrons. The van der Waals surface area contributed by atoms with Gasteiger partial charge in [-0.25, -0.2) is 0 Å². The molecule has 2 amide bonds. The summed E-state index contributed by atoms with van der Waals surface area (Å²) < 4.78 is 5.07. The Morgan fingerprint density at radius 3 is 2.75 bits per heavy atom. The number of methoxy groups -OCH3 is 1. The molecule has 0 spiro atoms. The summed E-state index contributed by atoms with van der Waals surface area (Å²) in [5.41, 5.74) is 0.982. The molecule has 0 bridgehead atoms. The lowest BCUT2D eigenvalue weighted by Crippen LogP contribution is -2.50. The molecule has 1 fully saturated rings. The fourth-order valence-electron chi connectivity index (χ4n) is 2.66. The number of anilines is 1. The number of carbonyl (C=O) groups is 2. The smallest absolute Gasteiger partial charge is 0.313 e. The van der Waals surface area contributed by atoms with Gasteiger partial charge in [0.15, 0.2) is 0 Å². The summed E-state index contributed by atoms with van der Waals surface area (Å²) in [4.78, 5) is 26.2. The minimum absolute atomic E-state index is 0.0326. The van der Waals surface area contributed by atoms with E-state index in [0.29, 0.717) is 17.9 Å². The van der Waals surface area contributed by atoms with Crippen molar-refractivity contribution in [3.8, 4) is 6.07 Å². The van der Waals surface area contributed by atoms with Crippen LogP contribution in [0.15, 0.2) is 24.3 Å². The fourth-order valence-corrected chi connectivity index (χ4v) is 2.66. The maximum absolute atomic E-state index is 12.0. The summed E-state index contributed by atoms with van der Waals surface area (Å²) in [6.07, 6.45) is 1.84. The Balaban J connectivity index is 1.82. The lowest BCUT2D eigenvalue weighted by Gasteiger charge is -2.32. The van der Waals surface area contributed by atoms with Gasteiger partial charge in [0, 0.05) is 31.9 Å². The third kappa shape index (κ3) is 5.33. The van der Waals surface area contributed by atoms with Crippen LogP contribution in [0.5, 0.6) is 0 Å². The summed E-state index contributed by atoms with van der Waals surface area (Å²) in [6, 6.07) is 8.32. The quantitative estimate of drug-likeness (QED) is 0.776. The molecule has 0 unspecified atom stereocenters. The van der Waals surface area contributed by atoms with Gasteiger partial charge in [0.1, 0.15) is 0 Å². The van der Waals surface area contributed by atoms with Crippen molar-refractivity contribution in [2.45, 2.75) is 18.9 Å². The highest BCUT2D eigenvalue weighted by Gasteiger charge is 2.23. The minimum Gasteiger partial charge on any atom is -0.383 e. The fraction of sp³-hybridized carbons (Fsp3) is 0.471. The van der Waals surface area contributed by atoms with Gasteiger partial charge < -0.3 is 15.4 Å². The van der Waals surface area contributed by atoms with Crippen LogP contribution < -0.4 is 10.6 Å². The number of nitrogens with one attached hydrogen (secondary N) is 2. The van der Waals surface area contributed by atoms with Crippen LogP contribution in [0.4, 0.5) is 5.69 Å². The van der Waals surface area contributed by atoms with Gasteiger partial charge in [0.25, 0.3) is 0 Å². The first-order valence-electron chi connectivity index (χ1n) is 7.95. The van der Waals surface area contributed by atoms with Crippen LogP contribution in [0.3, 0.4) is 0 Å². The SMILES string of the molecule is COCCN1CCC[C@H](NC(=O)C(=O)Nc2ccc(C#N)cc2)C1. The van der Waals surface area contributed by atoms with Gasteiger partial charge in [0.05, 0.1) is 18.2 Å². The lowest BCUT2D eigenvalue weighted by atomic mass is 10.1. The van der Waals surface area contributed by atoms with E-state index in [4.69, 9.17) is 10.00 Å². The highest BCUT2D eigenvalue weighted by molar-refractivity contribution is 6.39. The lowest BCUT2D eigenvalue weighted by molar-refractivity contribution is -0.136. The second kappa shape index (κ2) is 9.01. The molecular weight excluding hydrogens is 308 g/mol. The largest absolute Gasteiger partial charge is 0.383 e. The third-order valence-electron chi connectivity index (χ3n) is 3.93. The molecule has 1 aliphatic rings. The molecule has 1 saturated heterocycles. The second-order valence-electron chi connectivity index (χ2n) is 5.75. The molecule has 1 atom stereocenters. The molecule has 0 aromatic heterocycles. The van der Waals surface area contributed by atoms with E-state index in [9.17, 15) is 9.59 Å². The van der Waals surface area contributed by atoms with E-state index in [0.717, 1.165) is 32.5 Å². The number of benzene rings is 1. The van der Waals surface area contributed by atoms with Crippen LogP contribution >= 0.6 is 0 Å². The van der Waals surface area contributed by atoms with Gasteiger partial charge in [-0.3, -0.25) is 14.5 Å². The Bertz CT molecular complexity index is 609. The molecule has 2 N–H and O–H groups in total. The van der Waals surface area contributed by atoms with Crippen LogP contribution in [0.25, 0.3) is 0 Å². The Labute approximate surface area is 141 Å². The van der Waals surface area contributed by atoms with E-state index in [1.807, 2.05) is 6.07 Å². The molecule has 7 nitrogen and oxygen atoms in total. The number of amides is 2. The van der Waals surface area contributed by atoms with Crippen molar-refractivity contribution < 1.29 is 14.3 Å². The van der Waals surface area contributed by atoms with E-state index >= 15 is 0 Å². The summed E-state index contributed by atoms with van der Waals surface area (Å²) in [5, 5.41) is 14.1. The predicted octanol–water partition coefficient (Wildman–Crippen LogP) is 0.724. The van der Waals surface area contributed by atoms with Gasteiger partial charge in [-0.15, -0.1) is 0 Å². The molecule has 1 aromatic carbocycles. The van der Waals surface area contributed by atoms with Crippen LogP contribution in [0.1, 0.15) is 18.4 Å². The van der Waals surface area contributed by atoms with Crippen LogP contribution in [0.2, 0.25) is 0 Å². The summed E-state index contributed by atoms with van der Waals surface area (Å²) >= 11 is 0. The normalized spacial score (nSPS) is 17.8. The van der Waals surface area contributed by atoms with E-state index < -0.39 is 11.8 Å². The number of piperidine rings is 1. The maximum Gasteiger partial charge on any atom is 0.313 e.